The van der Waals surface area contributed by atoms with Crippen molar-refractivity contribution >= 4 is 17.4 Å². The van der Waals surface area contributed by atoms with Crippen molar-refractivity contribution in [2.75, 3.05) is 19.5 Å². The number of carbonyl (C=O) groups excluding carboxylic acids is 1. The smallest absolute Gasteiger partial charge is 0.270 e. The molecule has 24 heavy (non-hydrogen) atoms. The molecule has 0 spiro atoms. The molecule has 1 heterocycles. The number of benzene rings is 1. The van der Waals surface area contributed by atoms with Gasteiger partial charge in [0.1, 0.15) is 17.8 Å². The second-order valence-electron chi connectivity index (χ2n) is 6.19. The van der Waals surface area contributed by atoms with Crippen LogP contribution in [0.2, 0.25) is 0 Å². The minimum Gasteiger partial charge on any atom is -0.493 e. The van der Waals surface area contributed by atoms with Gasteiger partial charge in [-0.3, -0.25) is 4.79 Å². The molecule has 0 aliphatic rings. The Balaban J connectivity index is 2.19. The zero-order valence-electron chi connectivity index (χ0n) is 14.5. The van der Waals surface area contributed by atoms with Gasteiger partial charge in [0.05, 0.1) is 14.2 Å². The van der Waals surface area contributed by atoms with E-state index in [1.165, 1.54) is 6.33 Å². The average molecular weight is 330 g/mol. The van der Waals surface area contributed by atoms with Crippen molar-refractivity contribution in [1.82, 2.24) is 15.3 Å². The van der Waals surface area contributed by atoms with E-state index in [1.54, 1.807) is 32.4 Å². The number of aromatic nitrogens is 2. The summed E-state index contributed by atoms with van der Waals surface area (Å²) in [6.07, 6.45) is 1.35. The van der Waals surface area contributed by atoms with Crippen LogP contribution in [0.15, 0.2) is 30.6 Å². The number of anilines is 2. The van der Waals surface area contributed by atoms with E-state index in [1.807, 2.05) is 26.8 Å². The maximum Gasteiger partial charge on any atom is 0.270 e. The molecule has 1 amide bonds. The lowest BCUT2D eigenvalue weighted by Gasteiger charge is -2.20. The molecule has 0 aliphatic carbocycles. The molecule has 0 fully saturated rings. The number of amides is 1. The van der Waals surface area contributed by atoms with Gasteiger partial charge in [0.25, 0.3) is 5.91 Å². The third kappa shape index (κ3) is 4.58. The Morgan fingerprint density at radius 2 is 1.75 bits per heavy atom. The molecule has 2 rings (SSSR count). The molecule has 7 heteroatoms. The molecule has 0 unspecified atom stereocenters. The normalized spacial score (nSPS) is 10.9. The van der Waals surface area contributed by atoms with Gasteiger partial charge in [-0.15, -0.1) is 0 Å². The number of carbonyl (C=O) groups is 1. The molecule has 0 bridgehead atoms. The van der Waals surface area contributed by atoms with Crippen molar-refractivity contribution in [2.24, 2.45) is 0 Å². The highest BCUT2D eigenvalue weighted by Crippen LogP contribution is 2.30. The Hall–Kier alpha value is -2.83. The summed E-state index contributed by atoms with van der Waals surface area (Å²) in [5.74, 6) is 1.50. The molecule has 0 aliphatic heterocycles. The third-order valence-corrected chi connectivity index (χ3v) is 3.04. The van der Waals surface area contributed by atoms with Gasteiger partial charge in [-0.25, -0.2) is 9.97 Å². The lowest BCUT2D eigenvalue weighted by molar-refractivity contribution is 0.0914. The minimum atomic E-state index is -0.334. The third-order valence-electron chi connectivity index (χ3n) is 3.04. The Morgan fingerprint density at radius 1 is 1.04 bits per heavy atom. The van der Waals surface area contributed by atoms with Crippen molar-refractivity contribution in [1.29, 1.82) is 0 Å². The summed E-state index contributed by atoms with van der Waals surface area (Å²) in [6.45, 7) is 5.73. The summed E-state index contributed by atoms with van der Waals surface area (Å²) in [4.78, 5) is 20.3. The van der Waals surface area contributed by atoms with Gasteiger partial charge in [-0.05, 0) is 32.9 Å². The van der Waals surface area contributed by atoms with Crippen LogP contribution in [0.5, 0.6) is 11.5 Å². The quantitative estimate of drug-likeness (QED) is 0.877. The van der Waals surface area contributed by atoms with Crippen LogP contribution >= 0.6 is 0 Å². The Morgan fingerprint density at radius 3 is 2.38 bits per heavy atom. The Labute approximate surface area is 141 Å². The van der Waals surface area contributed by atoms with Gasteiger partial charge in [-0.2, -0.15) is 0 Å². The van der Waals surface area contributed by atoms with Gasteiger partial charge in [0, 0.05) is 23.4 Å². The van der Waals surface area contributed by atoms with Crippen LogP contribution in [0.1, 0.15) is 31.3 Å². The van der Waals surface area contributed by atoms with E-state index in [2.05, 4.69) is 20.6 Å². The van der Waals surface area contributed by atoms with E-state index >= 15 is 0 Å². The topological polar surface area (TPSA) is 85.4 Å². The monoisotopic (exact) mass is 330 g/mol. The fourth-order valence-corrected chi connectivity index (χ4v) is 2.02. The maximum atomic E-state index is 12.2. The molecule has 2 aromatic rings. The minimum absolute atomic E-state index is 0.250. The summed E-state index contributed by atoms with van der Waals surface area (Å²) in [5, 5.41) is 5.99. The Bertz CT molecular complexity index is 726. The van der Waals surface area contributed by atoms with Crippen molar-refractivity contribution in [3.8, 4) is 11.5 Å². The van der Waals surface area contributed by atoms with Crippen LogP contribution in [0.25, 0.3) is 0 Å². The number of ether oxygens (including phenoxy) is 2. The van der Waals surface area contributed by atoms with E-state index < -0.39 is 0 Å². The van der Waals surface area contributed by atoms with E-state index in [9.17, 15) is 4.79 Å². The molecule has 2 N–H and O–H groups in total. The molecule has 1 aromatic heterocycles. The number of nitrogens with zero attached hydrogens (tertiary/aromatic N) is 2. The van der Waals surface area contributed by atoms with Crippen LogP contribution in [0.3, 0.4) is 0 Å². The van der Waals surface area contributed by atoms with E-state index in [0.29, 0.717) is 23.0 Å². The van der Waals surface area contributed by atoms with Crippen LogP contribution in [0, 0.1) is 0 Å². The fourth-order valence-electron chi connectivity index (χ4n) is 2.02. The van der Waals surface area contributed by atoms with Crippen LogP contribution in [-0.2, 0) is 0 Å². The lowest BCUT2D eigenvalue weighted by atomic mass is 10.1. The summed E-state index contributed by atoms with van der Waals surface area (Å²) in [7, 11) is 3.15. The molecule has 0 saturated carbocycles. The molecule has 0 saturated heterocycles. The standard InChI is InChI=1S/C17H22N4O3/c1-17(2,3)21-16(22)12-9-15(19-10-18-12)20-11-6-7-13(23-4)14(8-11)24-5/h6-10H,1-5H3,(H,21,22)(H,18,19,20). The van der Waals surface area contributed by atoms with Gasteiger partial charge in [0.2, 0.25) is 0 Å². The molecule has 128 valence electrons. The number of hydrogen-bond donors (Lipinski definition) is 2. The van der Waals surface area contributed by atoms with Crippen molar-refractivity contribution in [3.63, 3.8) is 0 Å². The van der Waals surface area contributed by atoms with Gasteiger partial charge in [0.15, 0.2) is 11.5 Å². The number of methoxy groups -OCH3 is 2. The summed E-state index contributed by atoms with van der Waals surface area (Å²) >= 11 is 0. The SMILES string of the molecule is COc1ccc(Nc2cc(C(=O)NC(C)(C)C)ncn2)cc1OC. The first-order chi connectivity index (χ1) is 11.3. The van der Waals surface area contributed by atoms with Crippen molar-refractivity contribution in [3.05, 3.63) is 36.3 Å². The highest BCUT2D eigenvalue weighted by atomic mass is 16.5. The lowest BCUT2D eigenvalue weighted by Crippen LogP contribution is -2.40. The zero-order valence-corrected chi connectivity index (χ0v) is 14.5. The highest BCUT2D eigenvalue weighted by molar-refractivity contribution is 5.93. The molecular formula is C17H22N4O3. The number of nitrogens with one attached hydrogen (secondary N) is 2. The fraction of sp³-hybridized carbons (Fsp3) is 0.353. The first kappa shape index (κ1) is 17.5. The van der Waals surface area contributed by atoms with Crippen molar-refractivity contribution < 1.29 is 14.3 Å². The molecule has 7 nitrogen and oxygen atoms in total. The second-order valence-corrected chi connectivity index (χ2v) is 6.19. The van der Waals surface area contributed by atoms with E-state index in [-0.39, 0.29) is 11.4 Å². The highest BCUT2D eigenvalue weighted by Gasteiger charge is 2.17. The van der Waals surface area contributed by atoms with Crippen molar-refractivity contribution in [2.45, 2.75) is 26.3 Å². The van der Waals surface area contributed by atoms with E-state index in [4.69, 9.17) is 9.47 Å². The van der Waals surface area contributed by atoms with Gasteiger partial charge in [-0.1, -0.05) is 0 Å². The summed E-state index contributed by atoms with van der Waals surface area (Å²) in [5.41, 5.74) is 0.718. The molecule has 0 radical (unpaired) electrons. The van der Waals surface area contributed by atoms with E-state index in [0.717, 1.165) is 5.69 Å². The summed E-state index contributed by atoms with van der Waals surface area (Å²) in [6, 6.07) is 7.00. The van der Waals surface area contributed by atoms with Crippen LogP contribution in [-0.4, -0.2) is 35.6 Å². The number of hydrogen-bond acceptors (Lipinski definition) is 6. The average Bonchev–Trinajstić information content (AvgIpc) is 2.53. The molecule has 1 aromatic carbocycles. The summed E-state index contributed by atoms with van der Waals surface area (Å²) < 4.78 is 10.5. The molecular weight excluding hydrogens is 308 g/mol. The maximum absolute atomic E-state index is 12.2. The van der Waals surface area contributed by atoms with Gasteiger partial charge >= 0.3 is 0 Å². The predicted molar refractivity (Wildman–Crippen MR) is 92.1 cm³/mol. The predicted octanol–water partition coefficient (Wildman–Crippen LogP) is 2.77. The zero-order chi connectivity index (χ0) is 17.7. The van der Waals surface area contributed by atoms with Gasteiger partial charge < -0.3 is 20.1 Å². The Kier molecular flexibility index (Phi) is 5.23. The first-order valence-corrected chi connectivity index (χ1v) is 7.46. The largest absolute Gasteiger partial charge is 0.493 e. The van der Waals surface area contributed by atoms with Crippen LogP contribution < -0.4 is 20.1 Å². The first-order valence-electron chi connectivity index (χ1n) is 7.46. The molecule has 0 atom stereocenters. The number of rotatable bonds is 5. The second kappa shape index (κ2) is 7.16. The van der Waals surface area contributed by atoms with Crippen LogP contribution in [0.4, 0.5) is 11.5 Å².